The van der Waals surface area contributed by atoms with Crippen molar-refractivity contribution in [3.8, 4) is 0 Å². The highest BCUT2D eigenvalue weighted by Crippen LogP contribution is 2.03. The summed E-state index contributed by atoms with van der Waals surface area (Å²) in [6.07, 6.45) is -1.37. The molecule has 0 radical (unpaired) electrons. The van der Waals surface area contributed by atoms with Gasteiger partial charge >= 0.3 is 12.1 Å². The van der Waals surface area contributed by atoms with Crippen LogP contribution in [0.1, 0.15) is 6.92 Å². The minimum Gasteiger partial charge on any atom is -0.466 e. The van der Waals surface area contributed by atoms with Gasteiger partial charge < -0.3 is 19.1 Å². The third-order valence-corrected chi connectivity index (χ3v) is 2.08. The molecule has 6 heteroatoms. The summed E-state index contributed by atoms with van der Waals surface area (Å²) >= 11 is 0. The summed E-state index contributed by atoms with van der Waals surface area (Å²) in [6, 6.07) is 0. The summed E-state index contributed by atoms with van der Waals surface area (Å²) in [5.74, 6) is -0.559. The van der Waals surface area contributed by atoms with Gasteiger partial charge in [-0.3, -0.25) is 0 Å². The Hall–Kier alpha value is -1.30. The third kappa shape index (κ3) is 3.39. The molecule has 0 saturated carbocycles. The van der Waals surface area contributed by atoms with E-state index in [2.05, 4.69) is 4.74 Å². The maximum Gasteiger partial charge on any atom is 0.410 e. The van der Waals surface area contributed by atoms with Crippen molar-refractivity contribution in [1.82, 2.24) is 4.90 Å². The highest BCUT2D eigenvalue weighted by Gasteiger charge is 2.23. The summed E-state index contributed by atoms with van der Waals surface area (Å²) < 4.78 is 14.4. The predicted octanol–water partition coefficient (Wildman–Crippen LogP) is 0.0167. The zero-order valence-electron chi connectivity index (χ0n) is 8.89. The van der Waals surface area contributed by atoms with E-state index in [0.29, 0.717) is 26.3 Å². The third-order valence-electron chi connectivity index (χ3n) is 2.08. The Morgan fingerprint density at radius 1 is 1.33 bits per heavy atom. The molecule has 1 aliphatic rings. The highest BCUT2D eigenvalue weighted by molar-refractivity contribution is 5.78. The van der Waals surface area contributed by atoms with Gasteiger partial charge in [0, 0.05) is 13.1 Å². The van der Waals surface area contributed by atoms with Crippen molar-refractivity contribution in [1.29, 1.82) is 0 Å². The maximum atomic E-state index is 11.5. The number of hydrogen-bond donors (Lipinski definition) is 0. The first-order chi connectivity index (χ1) is 7.15. The second-order valence-corrected chi connectivity index (χ2v) is 3.15. The average Bonchev–Trinajstić information content (AvgIpc) is 2.29. The molecule has 1 heterocycles. The molecule has 0 N–H and O–H groups in total. The molecule has 0 bridgehead atoms. The van der Waals surface area contributed by atoms with Crippen LogP contribution in [0.3, 0.4) is 0 Å². The van der Waals surface area contributed by atoms with Crippen LogP contribution < -0.4 is 0 Å². The van der Waals surface area contributed by atoms with Crippen LogP contribution in [-0.2, 0) is 19.0 Å². The molecule has 0 unspecified atom stereocenters. The smallest absolute Gasteiger partial charge is 0.410 e. The number of nitrogens with zero attached hydrogens (tertiary/aromatic N) is 1. The summed E-state index contributed by atoms with van der Waals surface area (Å²) in [4.78, 5) is 24.0. The van der Waals surface area contributed by atoms with Crippen molar-refractivity contribution in [2.24, 2.45) is 0 Å². The zero-order chi connectivity index (χ0) is 11.3. The lowest BCUT2D eigenvalue weighted by Gasteiger charge is -2.26. The second-order valence-electron chi connectivity index (χ2n) is 3.15. The van der Waals surface area contributed by atoms with E-state index < -0.39 is 18.2 Å². The molecular weight excluding hydrogens is 202 g/mol. The standard InChI is InChI=1S/C9H15NO5/c1-7(8(11)13-2)15-9(12)10-3-5-14-6-4-10/h7H,3-6H2,1-2H3/t7-/m0/s1. The summed E-state index contributed by atoms with van der Waals surface area (Å²) in [6.45, 7) is 3.47. The lowest BCUT2D eigenvalue weighted by molar-refractivity contribution is -0.150. The molecule has 1 fully saturated rings. The molecule has 1 amide bonds. The molecule has 1 aliphatic heterocycles. The molecule has 1 rings (SSSR count). The van der Waals surface area contributed by atoms with Crippen molar-refractivity contribution < 1.29 is 23.8 Å². The molecule has 0 aromatic rings. The van der Waals surface area contributed by atoms with E-state index >= 15 is 0 Å². The van der Waals surface area contributed by atoms with Gasteiger partial charge in [-0.2, -0.15) is 0 Å². The maximum absolute atomic E-state index is 11.5. The Balaban J connectivity index is 2.36. The van der Waals surface area contributed by atoms with E-state index in [0.717, 1.165) is 0 Å². The number of carbonyl (C=O) groups excluding carboxylic acids is 2. The van der Waals surface area contributed by atoms with E-state index in [1.165, 1.54) is 18.9 Å². The normalized spacial score (nSPS) is 18.1. The van der Waals surface area contributed by atoms with Crippen molar-refractivity contribution in [2.45, 2.75) is 13.0 Å². The van der Waals surface area contributed by atoms with E-state index in [1.54, 1.807) is 0 Å². The van der Waals surface area contributed by atoms with E-state index in [4.69, 9.17) is 9.47 Å². The van der Waals surface area contributed by atoms with Crippen molar-refractivity contribution in [3.63, 3.8) is 0 Å². The molecule has 86 valence electrons. The van der Waals surface area contributed by atoms with E-state index in [1.807, 2.05) is 0 Å². The largest absolute Gasteiger partial charge is 0.466 e. The number of hydrogen-bond acceptors (Lipinski definition) is 5. The van der Waals surface area contributed by atoms with Gasteiger partial charge in [0.25, 0.3) is 0 Å². The Morgan fingerprint density at radius 2 is 1.93 bits per heavy atom. The monoisotopic (exact) mass is 217 g/mol. The highest BCUT2D eigenvalue weighted by atomic mass is 16.6. The van der Waals surface area contributed by atoms with Crippen LogP contribution in [0.2, 0.25) is 0 Å². The quantitative estimate of drug-likeness (QED) is 0.610. The van der Waals surface area contributed by atoms with Gasteiger partial charge in [-0.1, -0.05) is 0 Å². The number of ether oxygens (including phenoxy) is 3. The number of morpholine rings is 1. The van der Waals surface area contributed by atoms with Gasteiger partial charge in [0.05, 0.1) is 20.3 Å². The molecule has 1 atom stereocenters. The first-order valence-electron chi connectivity index (χ1n) is 4.76. The van der Waals surface area contributed by atoms with Gasteiger partial charge in [-0.05, 0) is 6.92 Å². The first-order valence-corrected chi connectivity index (χ1v) is 4.76. The molecule has 0 spiro atoms. The van der Waals surface area contributed by atoms with Crippen LogP contribution >= 0.6 is 0 Å². The minimum absolute atomic E-state index is 0.493. The van der Waals surface area contributed by atoms with E-state index in [-0.39, 0.29) is 0 Å². The van der Waals surface area contributed by atoms with E-state index in [9.17, 15) is 9.59 Å². The Kier molecular flexibility index (Phi) is 4.36. The Labute approximate surface area is 88.1 Å². The summed E-state index contributed by atoms with van der Waals surface area (Å²) in [7, 11) is 1.25. The predicted molar refractivity (Wildman–Crippen MR) is 50.4 cm³/mol. The summed E-state index contributed by atoms with van der Waals surface area (Å²) in [5.41, 5.74) is 0. The molecule has 0 aromatic heterocycles. The fraction of sp³-hybridized carbons (Fsp3) is 0.778. The van der Waals surface area contributed by atoms with Gasteiger partial charge in [-0.15, -0.1) is 0 Å². The number of carbonyl (C=O) groups is 2. The molecule has 0 aliphatic carbocycles. The Bertz CT molecular complexity index is 237. The fourth-order valence-electron chi connectivity index (χ4n) is 1.19. The SMILES string of the molecule is COC(=O)[C@H](C)OC(=O)N1CCOCC1. The van der Waals surface area contributed by atoms with Crippen molar-refractivity contribution in [3.05, 3.63) is 0 Å². The van der Waals surface area contributed by atoms with Crippen LogP contribution in [-0.4, -0.2) is 56.5 Å². The minimum atomic E-state index is -0.870. The number of rotatable bonds is 2. The molecule has 0 aromatic carbocycles. The number of methoxy groups -OCH3 is 1. The lowest BCUT2D eigenvalue weighted by Crippen LogP contribution is -2.43. The van der Waals surface area contributed by atoms with Crippen LogP contribution in [0.4, 0.5) is 4.79 Å². The first kappa shape index (κ1) is 11.8. The van der Waals surface area contributed by atoms with Gasteiger partial charge in [-0.25, -0.2) is 9.59 Å². The lowest BCUT2D eigenvalue weighted by atomic mass is 10.4. The average molecular weight is 217 g/mol. The van der Waals surface area contributed by atoms with Crippen LogP contribution in [0.5, 0.6) is 0 Å². The second kappa shape index (κ2) is 5.55. The van der Waals surface area contributed by atoms with Crippen LogP contribution in [0.15, 0.2) is 0 Å². The van der Waals surface area contributed by atoms with Gasteiger partial charge in [0.2, 0.25) is 0 Å². The molecule has 15 heavy (non-hydrogen) atoms. The van der Waals surface area contributed by atoms with Gasteiger partial charge in [0.1, 0.15) is 0 Å². The van der Waals surface area contributed by atoms with Crippen molar-refractivity contribution in [2.75, 3.05) is 33.4 Å². The number of esters is 1. The molecule has 6 nitrogen and oxygen atoms in total. The zero-order valence-corrected chi connectivity index (χ0v) is 8.89. The Morgan fingerprint density at radius 3 is 2.47 bits per heavy atom. The molecular formula is C9H15NO5. The molecule has 1 saturated heterocycles. The van der Waals surface area contributed by atoms with Crippen LogP contribution in [0.25, 0.3) is 0 Å². The van der Waals surface area contributed by atoms with Gasteiger partial charge in [0.15, 0.2) is 6.10 Å². The summed E-state index contributed by atoms with van der Waals surface area (Å²) in [5, 5.41) is 0. The number of amides is 1. The fourth-order valence-corrected chi connectivity index (χ4v) is 1.19. The topological polar surface area (TPSA) is 65.1 Å². The van der Waals surface area contributed by atoms with Crippen molar-refractivity contribution >= 4 is 12.1 Å². The van der Waals surface area contributed by atoms with Crippen LogP contribution in [0, 0.1) is 0 Å².